The number of fused-ring (bicyclic) bond motifs is 1. The average Bonchev–Trinajstić information content (AvgIpc) is 3.26. The van der Waals surface area contributed by atoms with Crippen molar-refractivity contribution >= 4 is 39.2 Å². The van der Waals surface area contributed by atoms with E-state index < -0.39 is 0 Å². The highest BCUT2D eigenvalue weighted by atomic mass is 32.1. The molecule has 0 spiro atoms. The van der Waals surface area contributed by atoms with Crippen LogP contribution < -0.4 is 10.6 Å². The lowest BCUT2D eigenvalue weighted by atomic mass is 10.2. The summed E-state index contributed by atoms with van der Waals surface area (Å²) >= 11 is 1.25. The number of furan rings is 1. The summed E-state index contributed by atoms with van der Waals surface area (Å²) in [7, 11) is 0. The van der Waals surface area contributed by atoms with Crippen molar-refractivity contribution < 1.29 is 18.7 Å². The fourth-order valence-corrected chi connectivity index (χ4v) is 3.46. The largest absolute Gasteiger partial charge is 0.467 e. The Morgan fingerprint density at radius 1 is 1.35 bits per heavy atom. The van der Waals surface area contributed by atoms with Crippen molar-refractivity contribution in [3.8, 4) is 0 Å². The fourth-order valence-electron chi connectivity index (χ4n) is 2.42. The second kappa shape index (κ2) is 7.96. The number of rotatable bonds is 7. The molecule has 0 aliphatic rings. The second-order valence-electron chi connectivity index (χ2n) is 5.39. The highest BCUT2D eigenvalue weighted by molar-refractivity contribution is 7.20. The highest BCUT2D eigenvalue weighted by Gasteiger charge is 2.20. The first-order valence-electron chi connectivity index (χ1n) is 8.04. The number of hydrogen-bond acceptors (Lipinski definition) is 8. The van der Waals surface area contributed by atoms with E-state index in [0.717, 1.165) is 10.9 Å². The summed E-state index contributed by atoms with van der Waals surface area (Å²) in [5.41, 5.74) is 0.738. The minimum atomic E-state index is -0.379. The molecule has 3 aromatic rings. The van der Waals surface area contributed by atoms with Gasteiger partial charge < -0.3 is 19.8 Å². The Morgan fingerprint density at radius 2 is 2.19 bits per heavy atom. The zero-order valence-electron chi connectivity index (χ0n) is 14.4. The monoisotopic (exact) mass is 374 g/mol. The van der Waals surface area contributed by atoms with Crippen LogP contribution in [0.3, 0.4) is 0 Å². The number of amides is 1. The van der Waals surface area contributed by atoms with Gasteiger partial charge in [0.25, 0.3) is 0 Å². The summed E-state index contributed by atoms with van der Waals surface area (Å²) in [6.07, 6.45) is 2.95. The van der Waals surface area contributed by atoms with Gasteiger partial charge in [0.2, 0.25) is 5.91 Å². The quantitative estimate of drug-likeness (QED) is 0.612. The third-order valence-electron chi connectivity index (χ3n) is 3.64. The van der Waals surface area contributed by atoms with Crippen LogP contribution >= 0.6 is 11.3 Å². The molecule has 136 valence electrons. The van der Waals surface area contributed by atoms with Gasteiger partial charge in [-0.3, -0.25) is 4.79 Å². The lowest BCUT2D eigenvalue weighted by Crippen LogP contribution is -2.29. The minimum absolute atomic E-state index is 0.0385. The van der Waals surface area contributed by atoms with Gasteiger partial charge in [-0.15, -0.1) is 11.3 Å². The van der Waals surface area contributed by atoms with Gasteiger partial charge >= 0.3 is 5.97 Å². The van der Waals surface area contributed by atoms with Crippen LogP contribution in [-0.4, -0.2) is 35.0 Å². The number of carbonyl (C=O) groups excluding carboxylic acids is 2. The summed E-state index contributed by atoms with van der Waals surface area (Å²) in [4.78, 5) is 33.6. The first-order chi connectivity index (χ1) is 12.6. The van der Waals surface area contributed by atoms with Gasteiger partial charge in [-0.1, -0.05) is 0 Å². The maximum atomic E-state index is 12.1. The Labute approximate surface area is 153 Å². The molecule has 0 radical (unpaired) electrons. The number of anilines is 1. The molecule has 0 saturated heterocycles. The molecule has 0 aliphatic carbocycles. The molecule has 26 heavy (non-hydrogen) atoms. The molecule has 9 heteroatoms. The molecule has 3 rings (SSSR count). The molecule has 0 unspecified atom stereocenters. The predicted octanol–water partition coefficient (Wildman–Crippen LogP) is 2.50. The zero-order valence-corrected chi connectivity index (χ0v) is 15.2. The predicted molar refractivity (Wildman–Crippen MR) is 97.2 cm³/mol. The number of aromatic nitrogens is 2. The second-order valence-corrected chi connectivity index (χ2v) is 6.39. The van der Waals surface area contributed by atoms with Gasteiger partial charge in [0.15, 0.2) is 0 Å². The van der Waals surface area contributed by atoms with Crippen molar-refractivity contribution in [1.29, 1.82) is 0 Å². The molecule has 0 bridgehead atoms. The van der Waals surface area contributed by atoms with Gasteiger partial charge in [0.1, 0.15) is 27.6 Å². The van der Waals surface area contributed by atoms with Gasteiger partial charge in [0.05, 0.1) is 31.3 Å². The lowest BCUT2D eigenvalue weighted by Gasteiger charge is -2.07. The van der Waals surface area contributed by atoms with Crippen molar-refractivity contribution in [2.75, 3.05) is 18.5 Å². The molecule has 3 heterocycles. The fraction of sp³-hybridized carbons (Fsp3) is 0.294. The topological polar surface area (TPSA) is 106 Å². The third kappa shape index (κ3) is 3.83. The Hall–Kier alpha value is -2.94. The smallest absolute Gasteiger partial charge is 0.348 e. The number of hydrogen-bond donors (Lipinski definition) is 2. The Bertz CT molecular complexity index is 920. The van der Waals surface area contributed by atoms with E-state index in [-0.39, 0.29) is 18.4 Å². The summed E-state index contributed by atoms with van der Waals surface area (Å²) in [6, 6.07) is 3.55. The summed E-state index contributed by atoms with van der Waals surface area (Å²) in [5.74, 6) is 0.602. The van der Waals surface area contributed by atoms with Crippen molar-refractivity contribution in [3.05, 3.63) is 40.9 Å². The SMILES string of the molecule is CCOC(=O)c1sc2ncnc(NCC(=O)NCc3ccco3)c2c1C. The average molecular weight is 374 g/mol. The molecule has 1 amide bonds. The Kier molecular flexibility index (Phi) is 5.47. The van der Waals surface area contributed by atoms with Gasteiger partial charge in [-0.05, 0) is 31.5 Å². The standard InChI is InChI=1S/C17H18N4O4S/c1-3-24-17(23)14-10(2)13-15(20-9-21-16(13)26-14)19-8-12(22)18-7-11-5-4-6-25-11/h4-6,9H,3,7-8H2,1-2H3,(H,18,22)(H,19,20,21). The summed E-state index contributed by atoms with van der Waals surface area (Å²) in [5, 5.41) is 6.47. The third-order valence-corrected chi connectivity index (χ3v) is 4.82. The molecule has 0 aliphatic heterocycles. The number of thiophene rings is 1. The van der Waals surface area contributed by atoms with Crippen molar-refractivity contribution in [3.63, 3.8) is 0 Å². The molecule has 3 aromatic heterocycles. The van der Waals surface area contributed by atoms with Crippen LogP contribution in [0.1, 0.15) is 27.9 Å². The van der Waals surface area contributed by atoms with E-state index in [9.17, 15) is 9.59 Å². The van der Waals surface area contributed by atoms with Crippen molar-refractivity contribution in [2.24, 2.45) is 0 Å². The number of carbonyl (C=O) groups is 2. The van der Waals surface area contributed by atoms with Crippen molar-refractivity contribution in [1.82, 2.24) is 15.3 Å². The summed E-state index contributed by atoms with van der Waals surface area (Å²) < 4.78 is 10.2. The molecule has 0 saturated carbocycles. The van der Waals surface area contributed by atoms with Crippen LogP contribution in [0, 0.1) is 6.92 Å². The molecule has 0 fully saturated rings. The molecule has 2 N–H and O–H groups in total. The van der Waals surface area contributed by atoms with Gasteiger partial charge in [0, 0.05) is 0 Å². The van der Waals surface area contributed by atoms with E-state index in [1.165, 1.54) is 17.7 Å². The van der Waals surface area contributed by atoms with E-state index in [1.807, 2.05) is 6.92 Å². The van der Waals surface area contributed by atoms with Gasteiger partial charge in [-0.25, -0.2) is 14.8 Å². The van der Waals surface area contributed by atoms with E-state index >= 15 is 0 Å². The molecule has 0 atom stereocenters. The molecule has 8 nitrogen and oxygen atoms in total. The van der Waals surface area contributed by atoms with Crippen LogP contribution in [0.5, 0.6) is 0 Å². The normalized spacial score (nSPS) is 10.7. The maximum absolute atomic E-state index is 12.1. The molecular formula is C17H18N4O4S. The van der Waals surface area contributed by atoms with E-state index in [2.05, 4.69) is 20.6 Å². The molecule has 0 aromatic carbocycles. The number of esters is 1. The minimum Gasteiger partial charge on any atom is -0.467 e. The number of nitrogens with one attached hydrogen (secondary N) is 2. The van der Waals surface area contributed by atoms with Crippen LogP contribution in [0.25, 0.3) is 10.2 Å². The first-order valence-corrected chi connectivity index (χ1v) is 8.86. The number of nitrogens with zero attached hydrogens (tertiary/aromatic N) is 2. The van der Waals surface area contributed by atoms with E-state index in [4.69, 9.17) is 9.15 Å². The van der Waals surface area contributed by atoms with Crippen LogP contribution in [0.2, 0.25) is 0 Å². The van der Waals surface area contributed by atoms with Gasteiger partial charge in [-0.2, -0.15) is 0 Å². The maximum Gasteiger partial charge on any atom is 0.348 e. The zero-order chi connectivity index (χ0) is 18.5. The van der Waals surface area contributed by atoms with Crippen LogP contribution in [-0.2, 0) is 16.1 Å². The first kappa shape index (κ1) is 17.9. The van der Waals surface area contributed by atoms with E-state index in [1.54, 1.807) is 25.3 Å². The molecular weight excluding hydrogens is 356 g/mol. The Morgan fingerprint density at radius 3 is 2.92 bits per heavy atom. The Balaban J connectivity index is 1.71. The van der Waals surface area contributed by atoms with Crippen molar-refractivity contribution in [2.45, 2.75) is 20.4 Å². The van der Waals surface area contributed by atoms with Crippen LogP contribution in [0.4, 0.5) is 5.82 Å². The summed E-state index contributed by atoms with van der Waals surface area (Å²) in [6.45, 7) is 4.23. The highest BCUT2D eigenvalue weighted by Crippen LogP contribution is 2.33. The number of ether oxygens (including phenoxy) is 1. The lowest BCUT2D eigenvalue weighted by molar-refractivity contribution is -0.119. The number of aryl methyl sites for hydroxylation is 1. The van der Waals surface area contributed by atoms with Crippen LogP contribution in [0.15, 0.2) is 29.1 Å². The van der Waals surface area contributed by atoms with E-state index in [0.29, 0.717) is 34.4 Å².